The third-order valence-electron chi connectivity index (χ3n) is 10.0. The number of phosphoric ester groups is 1. The Morgan fingerprint density at radius 2 is 1.02 bits per heavy atom. The second-order valence-corrected chi connectivity index (χ2v) is 17.9. The van der Waals surface area contributed by atoms with Crippen LogP contribution in [-0.2, 0) is 18.4 Å². The number of hydrogen-bond acceptors (Lipinski definition) is 5. The molecule has 0 aliphatic rings. The largest absolute Gasteiger partial charge is 0.472 e. The van der Waals surface area contributed by atoms with Gasteiger partial charge >= 0.3 is 7.82 Å². The van der Waals surface area contributed by atoms with Gasteiger partial charge in [0.2, 0.25) is 5.91 Å². The number of amides is 1. The number of nitrogens with one attached hydrogen (secondary N) is 1. The quantitative estimate of drug-likeness (QED) is 0.0249. The van der Waals surface area contributed by atoms with E-state index in [1.165, 1.54) is 148 Å². The zero-order valence-corrected chi connectivity index (χ0v) is 36.0. The van der Waals surface area contributed by atoms with E-state index in [-0.39, 0.29) is 19.1 Å². The van der Waals surface area contributed by atoms with Gasteiger partial charge in [0.05, 0.1) is 39.9 Å². The summed E-state index contributed by atoms with van der Waals surface area (Å²) >= 11 is 0. The van der Waals surface area contributed by atoms with E-state index in [9.17, 15) is 19.4 Å². The summed E-state index contributed by atoms with van der Waals surface area (Å²) in [6.07, 6.45) is 39.8. The average molecular weight is 760 g/mol. The fraction of sp³-hybridized carbons (Fsp3) is 0.930. The molecule has 0 heterocycles. The van der Waals surface area contributed by atoms with E-state index in [4.69, 9.17) is 9.05 Å². The Kier molecular flexibility index (Phi) is 35.4. The molecule has 52 heavy (non-hydrogen) atoms. The van der Waals surface area contributed by atoms with Gasteiger partial charge in [-0.3, -0.25) is 13.8 Å². The fourth-order valence-corrected chi connectivity index (χ4v) is 7.19. The molecule has 0 radical (unpaired) electrons. The topological polar surface area (TPSA) is 105 Å². The predicted octanol–water partition coefficient (Wildman–Crippen LogP) is 12.0. The van der Waals surface area contributed by atoms with Gasteiger partial charge < -0.3 is 19.8 Å². The summed E-state index contributed by atoms with van der Waals surface area (Å²) in [6, 6.07) is -0.839. The Bertz CT molecular complexity index is 865. The van der Waals surface area contributed by atoms with Crippen molar-refractivity contribution < 1.29 is 32.9 Å². The lowest BCUT2D eigenvalue weighted by atomic mass is 10.0. The maximum absolute atomic E-state index is 12.8. The lowest BCUT2D eigenvalue weighted by Crippen LogP contribution is -2.45. The molecule has 3 atom stereocenters. The van der Waals surface area contributed by atoms with Gasteiger partial charge in [0.1, 0.15) is 13.2 Å². The van der Waals surface area contributed by atoms with Gasteiger partial charge in [-0.25, -0.2) is 4.57 Å². The summed E-state index contributed by atoms with van der Waals surface area (Å²) in [5.74, 6) is -0.175. The number of likely N-dealkylation sites (N-methyl/N-ethyl adjacent to an activating group) is 1. The smallest absolute Gasteiger partial charge is 0.387 e. The molecule has 0 aromatic heterocycles. The van der Waals surface area contributed by atoms with Crippen LogP contribution in [0.1, 0.15) is 206 Å². The molecule has 0 saturated carbocycles. The monoisotopic (exact) mass is 760 g/mol. The average Bonchev–Trinajstić information content (AvgIpc) is 3.09. The van der Waals surface area contributed by atoms with E-state index in [1.807, 2.05) is 27.2 Å². The lowest BCUT2D eigenvalue weighted by Gasteiger charge is -2.25. The zero-order chi connectivity index (χ0) is 38.6. The van der Waals surface area contributed by atoms with E-state index in [2.05, 4.69) is 19.2 Å². The summed E-state index contributed by atoms with van der Waals surface area (Å²) in [4.78, 5) is 23.1. The highest BCUT2D eigenvalue weighted by Crippen LogP contribution is 2.43. The van der Waals surface area contributed by atoms with Crippen molar-refractivity contribution in [1.82, 2.24) is 5.32 Å². The molecule has 0 bridgehead atoms. The molecule has 0 aliphatic carbocycles. The molecule has 0 spiro atoms. The van der Waals surface area contributed by atoms with Crippen molar-refractivity contribution in [2.75, 3.05) is 40.9 Å². The molecule has 8 nitrogen and oxygen atoms in total. The summed E-state index contributed by atoms with van der Waals surface area (Å²) < 4.78 is 23.5. The number of carbonyl (C=O) groups is 1. The highest BCUT2D eigenvalue weighted by molar-refractivity contribution is 7.47. The van der Waals surface area contributed by atoms with Crippen molar-refractivity contribution in [3.8, 4) is 0 Å². The molecule has 0 saturated heterocycles. The molecule has 1 amide bonds. The normalized spacial score (nSPS) is 14.5. The van der Waals surface area contributed by atoms with Gasteiger partial charge in [0.25, 0.3) is 0 Å². The number of allylic oxidation sites excluding steroid dienone is 1. The third-order valence-corrected chi connectivity index (χ3v) is 11.0. The minimum absolute atomic E-state index is 0.0645. The first-order chi connectivity index (χ1) is 25.0. The van der Waals surface area contributed by atoms with Crippen molar-refractivity contribution in [1.29, 1.82) is 0 Å². The van der Waals surface area contributed by atoms with Gasteiger partial charge in [-0.15, -0.1) is 0 Å². The SMILES string of the molecule is CCCCCCCCCCCCC/C=C/[C@@H](O)[C@H](COP(=O)(O)OCC[N+](C)(C)C)NC(=O)CCCCCCCCCCCCCCCCCCC. The Morgan fingerprint density at radius 3 is 1.42 bits per heavy atom. The first kappa shape index (κ1) is 51.2. The number of quaternary nitrogens is 1. The van der Waals surface area contributed by atoms with Crippen molar-refractivity contribution in [2.24, 2.45) is 0 Å². The third kappa shape index (κ3) is 37.6. The predicted molar refractivity (Wildman–Crippen MR) is 222 cm³/mol. The number of nitrogens with zero attached hydrogens (tertiary/aromatic N) is 1. The minimum atomic E-state index is -4.33. The second-order valence-electron chi connectivity index (χ2n) is 16.4. The van der Waals surface area contributed by atoms with E-state index < -0.39 is 20.0 Å². The van der Waals surface area contributed by atoms with Gasteiger partial charge in [0, 0.05) is 6.42 Å². The highest BCUT2D eigenvalue weighted by Gasteiger charge is 2.27. The molecule has 0 fully saturated rings. The molecule has 3 N–H and O–H groups in total. The Hall–Kier alpha value is -0.760. The van der Waals surface area contributed by atoms with Crippen LogP contribution in [0, 0.1) is 0 Å². The van der Waals surface area contributed by atoms with E-state index in [1.54, 1.807) is 6.08 Å². The van der Waals surface area contributed by atoms with E-state index in [0.29, 0.717) is 17.4 Å². The van der Waals surface area contributed by atoms with Crippen LogP contribution in [0.4, 0.5) is 0 Å². The number of hydrogen-bond donors (Lipinski definition) is 3. The second kappa shape index (κ2) is 35.9. The van der Waals surface area contributed by atoms with E-state index in [0.717, 1.165) is 38.5 Å². The summed E-state index contributed by atoms with van der Waals surface area (Å²) in [5.41, 5.74) is 0. The maximum Gasteiger partial charge on any atom is 0.472 e. The van der Waals surface area contributed by atoms with Gasteiger partial charge in [-0.1, -0.05) is 193 Å². The van der Waals surface area contributed by atoms with Gasteiger partial charge in [-0.2, -0.15) is 0 Å². The van der Waals surface area contributed by atoms with Crippen LogP contribution in [0.3, 0.4) is 0 Å². The van der Waals surface area contributed by atoms with Crippen molar-refractivity contribution in [3.05, 3.63) is 12.2 Å². The molecule has 310 valence electrons. The molecule has 0 aromatic rings. The van der Waals surface area contributed by atoms with Crippen LogP contribution >= 0.6 is 7.82 Å². The van der Waals surface area contributed by atoms with Crippen molar-refractivity contribution >= 4 is 13.7 Å². The lowest BCUT2D eigenvalue weighted by molar-refractivity contribution is -0.870. The molecule has 1 unspecified atom stereocenters. The van der Waals surface area contributed by atoms with Crippen LogP contribution in [0.5, 0.6) is 0 Å². The Morgan fingerprint density at radius 1 is 0.635 bits per heavy atom. The maximum atomic E-state index is 12.8. The molecule has 0 aliphatic heterocycles. The molecule has 0 rings (SSSR count). The molecular weight excluding hydrogens is 671 g/mol. The summed E-state index contributed by atoms with van der Waals surface area (Å²) in [5, 5.41) is 13.8. The standard InChI is InChI=1S/C43H87N2O6P/c1-6-8-10-12-14-16-18-20-21-22-23-25-27-29-31-33-35-37-43(47)44-41(40-51-52(48,49)50-39-38-45(3,4)5)42(46)36-34-32-30-28-26-24-19-17-15-13-11-9-7-2/h34,36,41-42,46H,6-33,35,37-40H2,1-5H3,(H-,44,47,48,49)/p+1/b36-34+/t41-,42+/m0/s1. The number of carbonyl (C=O) groups excluding carboxylic acids is 1. The molecule has 0 aromatic carbocycles. The number of aliphatic hydroxyl groups is 1. The highest BCUT2D eigenvalue weighted by atomic mass is 31.2. The Labute approximate surface area is 322 Å². The van der Waals surface area contributed by atoms with Crippen LogP contribution in [0.15, 0.2) is 12.2 Å². The number of phosphoric acid groups is 1. The van der Waals surface area contributed by atoms with Crippen LogP contribution in [0.2, 0.25) is 0 Å². The van der Waals surface area contributed by atoms with Crippen LogP contribution in [-0.4, -0.2) is 73.4 Å². The summed E-state index contributed by atoms with van der Waals surface area (Å²) in [7, 11) is 1.58. The summed E-state index contributed by atoms with van der Waals surface area (Å²) in [6.45, 7) is 4.82. The minimum Gasteiger partial charge on any atom is -0.387 e. The number of unbranched alkanes of at least 4 members (excludes halogenated alkanes) is 27. The molecule has 9 heteroatoms. The number of aliphatic hydroxyl groups excluding tert-OH is 1. The fourth-order valence-electron chi connectivity index (χ4n) is 6.45. The zero-order valence-electron chi connectivity index (χ0n) is 35.1. The molecular formula is C43H88N2O6P+. The van der Waals surface area contributed by atoms with Crippen molar-refractivity contribution in [2.45, 2.75) is 219 Å². The Balaban J connectivity index is 4.38. The number of rotatable bonds is 40. The van der Waals surface area contributed by atoms with Crippen LogP contribution in [0.25, 0.3) is 0 Å². The van der Waals surface area contributed by atoms with E-state index >= 15 is 0 Å². The van der Waals surface area contributed by atoms with Crippen LogP contribution < -0.4 is 5.32 Å². The first-order valence-electron chi connectivity index (χ1n) is 22.1. The van der Waals surface area contributed by atoms with Gasteiger partial charge in [0.15, 0.2) is 0 Å². The van der Waals surface area contributed by atoms with Crippen molar-refractivity contribution in [3.63, 3.8) is 0 Å². The first-order valence-corrected chi connectivity index (χ1v) is 23.6. The van der Waals surface area contributed by atoms with Gasteiger partial charge in [-0.05, 0) is 19.3 Å².